The van der Waals surface area contributed by atoms with Crippen molar-refractivity contribution in [1.82, 2.24) is 4.90 Å². The molecule has 1 saturated carbocycles. The molecule has 140 valence electrons. The number of para-hydroxylation sites is 1. The lowest BCUT2D eigenvalue weighted by atomic mass is 9.82. The summed E-state index contributed by atoms with van der Waals surface area (Å²) in [5.74, 6) is 0.953. The number of likely N-dealkylation sites (tertiary alicyclic amines) is 1. The van der Waals surface area contributed by atoms with Crippen molar-refractivity contribution in [1.29, 1.82) is 0 Å². The van der Waals surface area contributed by atoms with E-state index in [1.54, 1.807) is 12.1 Å². The van der Waals surface area contributed by atoms with Crippen LogP contribution in [-0.4, -0.2) is 36.0 Å². The first-order chi connectivity index (χ1) is 13.1. The van der Waals surface area contributed by atoms with E-state index in [1.807, 2.05) is 23.1 Å². The topological polar surface area (TPSA) is 23.6 Å². The fourth-order valence-electron chi connectivity index (χ4n) is 4.91. The van der Waals surface area contributed by atoms with Crippen molar-refractivity contribution in [3.63, 3.8) is 0 Å². The van der Waals surface area contributed by atoms with Gasteiger partial charge in [-0.1, -0.05) is 29.8 Å². The Balaban J connectivity index is 1.51. The van der Waals surface area contributed by atoms with Crippen molar-refractivity contribution in [3.05, 3.63) is 64.7 Å². The summed E-state index contributed by atoms with van der Waals surface area (Å²) < 4.78 is 0. The predicted octanol–water partition coefficient (Wildman–Crippen LogP) is 4.79. The van der Waals surface area contributed by atoms with Gasteiger partial charge in [-0.25, -0.2) is 0 Å². The number of anilines is 1. The van der Waals surface area contributed by atoms with Crippen LogP contribution in [0.15, 0.2) is 48.5 Å². The van der Waals surface area contributed by atoms with E-state index in [1.165, 1.54) is 44.3 Å². The Morgan fingerprint density at radius 2 is 1.89 bits per heavy atom. The maximum absolute atomic E-state index is 13.4. The first kappa shape index (κ1) is 17.3. The van der Waals surface area contributed by atoms with E-state index in [0.717, 1.165) is 24.6 Å². The molecule has 1 aliphatic carbocycles. The number of fused-ring (bicyclic) bond motifs is 1. The van der Waals surface area contributed by atoms with E-state index >= 15 is 0 Å². The fraction of sp³-hybridized carbons (Fsp3) is 0.435. The number of hydrogen-bond acceptors (Lipinski definition) is 2. The van der Waals surface area contributed by atoms with Gasteiger partial charge in [-0.3, -0.25) is 9.69 Å². The lowest BCUT2D eigenvalue weighted by molar-refractivity contribution is 0.0920. The third-order valence-corrected chi connectivity index (χ3v) is 6.76. The van der Waals surface area contributed by atoms with Gasteiger partial charge in [0.25, 0.3) is 5.91 Å². The summed E-state index contributed by atoms with van der Waals surface area (Å²) in [5, 5.41) is 0.661. The van der Waals surface area contributed by atoms with Gasteiger partial charge in [0.1, 0.15) is 0 Å². The number of carbonyl (C=O) groups is 1. The van der Waals surface area contributed by atoms with Crippen LogP contribution in [0.2, 0.25) is 5.02 Å². The minimum Gasteiger partial charge on any atom is -0.306 e. The molecule has 2 aromatic carbocycles. The summed E-state index contributed by atoms with van der Waals surface area (Å²) in [4.78, 5) is 18.1. The molecule has 27 heavy (non-hydrogen) atoms. The Kier molecular flexibility index (Phi) is 4.25. The number of halogens is 1. The van der Waals surface area contributed by atoms with Gasteiger partial charge in [0, 0.05) is 34.9 Å². The van der Waals surface area contributed by atoms with E-state index in [2.05, 4.69) is 23.1 Å². The maximum Gasteiger partial charge on any atom is 0.258 e. The summed E-state index contributed by atoms with van der Waals surface area (Å²) >= 11 is 6.02. The minimum atomic E-state index is 0.0801. The predicted molar refractivity (Wildman–Crippen MR) is 110 cm³/mol. The molecule has 1 unspecified atom stereocenters. The Labute approximate surface area is 165 Å². The van der Waals surface area contributed by atoms with Gasteiger partial charge < -0.3 is 4.90 Å². The number of rotatable bonds is 3. The zero-order valence-corrected chi connectivity index (χ0v) is 16.3. The van der Waals surface area contributed by atoms with Gasteiger partial charge in [0.05, 0.1) is 0 Å². The van der Waals surface area contributed by atoms with Crippen LogP contribution in [0.4, 0.5) is 5.69 Å². The molecule has 3 nitrogen and oxygen atoms in total. The molecular weight excluding hydrogens is 356 g/mol. The van der Waals surface area contributed by atoms with E-state index in [-0.39, 0.29) is 11.4 Å². The molecule has 3 aliphatic rings. The Morgan fingerprint density at radius 1 is 1.11 bits per heavy atom. The molecule has 1 saturated heterocycles. The van der Waals surface area contributed by atoms with Gasteiger partial charge in [-0.2, -0.15) is 0 Å². The highest BCUT2D eigenvalue weighted by molar-refractivity contribution is 6.30. The molecule has 0 bridgehead atoms. The molecule has 4 heteroatoms. The summed E-state index contributed by atoms with van der Waals surface area (Å²) in [6, 6.07) is 15.7. The van der Waals surface area contributed by atoms with Crippen LogP contribution in [-0.2, 0) is 6.42 Å². The number of benzene rings is 2. The monoisotopic (exact) mass is 380 g/mol. The minimum absolute atomic E-state index is 0.0801. The summed E-state index contributed by atoms with van der Waals surface area (Å²) in [7, 11) is 0. The van der Waals surface area contributed by atoms with Crippen LogP contribution in [0, 0.1) is 5.92 Å². The molecule has 0 radical (unpaired) electrons. The van der Waals surface area contributed by atoms with Gasteiger partial charge in [-0.15, -0.1) is 0 Å². The third-order valence-electron chi connectivity index (χ3n) is 6.51. The molecule has 1 amide bonds. The standard InChI is InChI=1S/C23H25ClN2O/c24-20-10-8-18(9-11-20)22(27)26-16-23(14-19-4-1-2-5-21(19)26)12-3-13-25(23)15-17-6-7-17/h1-2,4-5,8-11,17H,3,6-7,12-16H2. The zero-order chi connectivity index (χ0) is 18.4. The van der Waals surface area contributed by atoms with E-state index in [0.29, 0.717) is 10.6 Å². The van der Waals surface area contributed by atoms with Crippen molar-refractivity contribution in [2.24, 2.45) is 5.92 Å². The van der Waals surface area contributed by atoms with Crippen LogP contribution in [0.25, 0.3) is 0 Å². The first-order valence-corrected chi connectivity index (χ1v) is 10.4. The van der Waals surface area contributed by atoms with Crippen molar-refractivity contribution in [2.45, 2.75) is 37.6 Å². The Morgan fingerprint density at radius 3 is 2.67 bits per heavy atom. The molecule has 0 N–H and O–H groups in total. The first-order valence-electron chi connectivity index (χ1n) is 10.1. The van der Waals surface area contributed by atoms with Gasteiger partial charge >= 0.3 is 0 Å². The lowest BCUT2D eigenvalue weighted by Crippen LogP contribution is -2.58. The molecule has 0 aromatic heterocycles. The largest absolute Gasteiger partial charge is 0.306 e. The zero-order valence-electron chi connectivity index (χ0n) is 15.5. The molecule has 2 heterocycles. The SMILES string of the molecule is O=C(c1ccc(Cl)cc1)N1CC2(CCCN2CC2CC2)Cc2ccccc21. The van der Waals surface area contributed by atoms with Crippen molar-refractivity contribution >= 4 is 23.2 Å². The molecular formula is C23H25ClN2O. The molecule has 2 aromatic rings. The summed E-state index contributed by atoms with van der Waals surface area (Å²) in [6.45, 7) is 3.16. The lowest BCUT2D eigenvalue weighted by Gasteiger charge is -2.47. The van der Waals surface area contributed by atoms with E-state index < -0.39 is 0 Å². The second-order valence-corrected chi connectivity index (χ2v) is 8.86. The van der Waals surface area contributed by atoms with Crippen molar-refractivity contribution in [2.75, 3.05) is 24.5 Å². The van der Waals surface area contributed by atoms with Gasteiger partial charge in [-0.05, 0) is 80.5 Å². The highest BCUT2D eigenvalue weighted by atomic mass is 35.5. The maximum atomic E-state index is 13.4. The van der Waals surface area contributed by atoms with Crippen LogP contribution in [0.5, 0.6) is 0 Å². The quantitative estimate of drug-likeness (QED) is 0.764. The number of nitrogens with zero attached hydrogens (tertiary/aromatic N) is 2. The number of hydrogen-bond donors (Lipinski definition) is 0. The van der Waals surface area contributed by atoms with E-state index in [9.17, 15) is 4.79 Å². The van der Waals surface area contributed by atoms with Crippen LogP contribution < -0.4 is 4.90 Å². The molecule has 2 fully saturated rings. The summed E-state index contributed by atoms with van der Waals surface area (Å²) in [5.41, 5.74) is 3.17. The second-order valence-electron chi connectivity index (χ2n) is 8.42. The number of amides is 1. The fourth-order valence-corrected chi connectivity index (χ4v) is 5.04. The normalized spacial score (nSPS) is 25.0. The average Bonchev–Trinajstić information content (AvgIpc) is 3.43. The van der Waals surface area contributed by atoms with Gasteiger partial charge in [0.2, 0.25) is 0 Å². The highest BCUT2D eigenvalue weighted by Gasteiger charge is 2.47. The molecule has 1 spiro atoms. The van der Waals surface area contributed by atoms with Gasteiger partial charge in [0.15, 0.2) is 0 Å². The van der Waals surface area contributed by atoms with E-state index in [4.69, 9.17) is 11.6 Å². The smallest absolute Gasteiger partial charge is 0.258 e. The second kappa shape index (κ2) is 6.65. The molecule has 5 rings (SSSR count). The highest BCUT2D eigenvalue weighted by Crippen LogP contribution is 2.43. The van der Waals surface area contributed by atoms with Crippen molar-refractivity contribution < 1.29 is 4.79 Å². The van der Waals surface area contributed by atoms with Crippen LogP contribution in [0.1, 0.15) is 41.6 Å². The number of carbonyl (C=O) groups excluding carboxylic acids is 1. The van der Waals surface area contributed by atoms with Crippen LogP contribution in [0.3, 0.4) is 0 Å². The third kappa shape index (κ3) is 3.17. The molecule has 1 atom stereocenters. The van der Waals surface area contributed by atoms with Crippen molar-refractivity contribution in [3.8, 4) is 0 Å². The Bertz CT molecular complexity index is 861. The average molecular weight is 381 g/mol. The Hall–Kier alpha value is -1.84. The molecule has 2 aliphatic heterocycles. The summed E-state index contributed by atoms with van der Waals surface area (Å²) in [6.07, 6.45) is 6.21. The van der Waals surface area contributed by atoms with Crippen LogP contribution >= 0.6 is 11.6 Å².